The summed E-state index contributed by atoms with van der Waals surface area (Å²) in [6.07, 6.45) is 3.86. The van der Waals surface area contributed by atoms with Crippen molar-refractivity contribution in [3.8, 4) is 0 Å². The van der Waals surface area contributed by atoms with Crippen molar-refractivity contribution >= 4 is 21.6 Å². The van der Waals surface area contributed by atoms with Gasteiger partial charge >= 0.3 is 5.97 Å². The number of anilines is 1. The van der Waals surface area contributed by atoms with Gasteiger partial charge in [-0.2, -0.15) is 0 Å². The smallest absolute Gasteiger partial charge is 0.356 e. The van der Waals surface area contributed by atoms with E-state index in [9.17, 15) is 13.2 Å². The van der Waals surface area contributed by atoms with Crippen LogP contribution in [-0.2, 0) is 9.84 Å². The zero-order valence-corrected chi connectivity index (χ0v) is 11.3. The fraction of sp³-hybridized carbons (Fsp3) is 0.545. The number of carboxylic acid groups (broad SMARTS) is 1. The average Bonchev–Trinajstić information content (AvgIpc) is 2.69. The third kappa shape index (κ3) is 3.01. The Balaban J connectivity index is 2.08. The van der Waals surface area contributed by atoms with Crippen LogP contribution in [0.4, 0.5) is 5.82 Å². The number of rotatable bonds is 4. The summed E-state index contributed by atoms with van der Waals surface area (Å²) in [4.78, 5) is 20.1. The Hall–Kier alpha value is -1.70. The van der Waals surface area contributed by atoms with E-state index in [1.165, 1.54) is 6.20 Å². The molecule has 104 valence electrons. The maximum atomic E-state index is 11.7. The first kappa shape index (κ1) is 13.7. The summed E-state index contributed by atoms with van der Waals surface area (Å²) in [6.45, 7) is 0.351. The van der Waals surface area contributed by atoms with Crippen LogP contribution in [0.3, 0.4) is 0 Å². The molecule has 1 aromatic rings. The second kappa shape index (κ2) is 5.12. The number of aromatic nitrogens is 2. The van der Waals surface area contributed by atoms with Crippen LogP contribution in [0.2, 0.25) is 0 Å². The molecule has 1 aromatic heterocycles. The minimum atomic E-state index is -3.00. The van der Waals surface area contributed by atoms with E-state index < -0.39 is 15.8 Å². The zero-order chi connectivity index (χ0) is 14.0. The highest BCUT2D eigenvalue weighted by molar-refractivity contribution is 7.92. The van der Waals surface area contributed by atoms with Crippen LogP contribution >= 0.6 is 0 Å². The Bertz CT molecular complexity index is 570. The fourth-order valence-corrected chi connectivity index (χ4v) is 3.97. The van der Waals surface area contributed by atoms with E-state index in [2.05, 4.69) is 9.97 Å². The lowest BCUT2D eigenvalue weighted by Gasteiger charge is -2.21. The van der Waals surface area contributed by atoms with Crippen molar-refractivity contribution in [2.24, 2.45) is 0 Å². The molecule has 1 fully saturated rings. The zero-order valence-electron chi connectivity index (χ0n) is 10.5. The van der Waals surface area contributed by atoms with E-state index in [-0.39, 0.29) is 16.7 Å². The van der Waals surface area contributed by atoms with Crippen LogP contribution in [0.5, 0.6) is 0 Å². The molecule has 8 heteroatoms. The minimum absolute atomic E-state index is 0.134. The van der Waals surface area contributed by atoms with Crippen molar-refractivity contribution in [1.82, 2.24) is 9.97 Å². The van der Waals surface area contributed by atoms with Gasteiger partial charge in [-0.1, -0.05) is 0 Å². The molecule has 0 amide bonds. The first-order chi connectivity index (χ1) is 8.90. The van der Waals surface area contributed by atoms with Crippen molar-refractivity contribution in [3.05, 3.63) is 18.1 Å². The molecular weight excluding hydrogens is 270 g/mol. The fourth-order valence-electron chi connectivity index (χ4n) is 2.09. The summed E-state index contributed by atoms with van der Waals surface area (Å²) in [5, 5.41) is 8.34. The van der Waals surface area contributed by atoms with Crippen LogP contribution in [0.15, 0.2) is 12.4 Å². The average molecular weight is 285 g/mol. The lowest BCUT2D eigenvalue weighted by Crippen LogP contribution is -2.32. The molecule has 1 aliphatic heterocycles. The molecule has 1 aliphatic rings. The van der Waals surface area contributed by atoms with Gasteiger partial charge in [0.25, 0.3) is 0 Å². The highest BCUT2D eigenvalue weighted by Crippen LogP contribution is 2.21. The molecule has 1 saturated heterocycles. The summed E-state index contributed by atoms with van der Waals surface area (Å²) in [6, 6.07) is 0. The Labute approximate surface area is 111 Å². The molecule has 19 heavy (non-hydrogen) atoms. The summed E-state index contributed by atoms with van der Waals surface area (Å²) >= 11 is 0. The van der Waals surface area contributed by atoms with Gasteiger partial charge in [-0.15, -0.1) is 0 Å². The summed E-state index contributed by atoms with van der Waals surface area (Å²) in [5.41, 5.74) is -0.134. The topological polar surface area (TPSA) is 100 Å². The molecule has 2 rings (SSSR count). The Kier molecular flexibility index (Phi) is 3.70. The van der Waals surface area contributed by atoms with Gasteiger partial charge in [0.1, 0.15) is 5.82 Å². The van der Waals surface area contributed by atoms with Gasteiger partial charge in [0.2, 0.25) is 0 Å². The molecule has 1 N–H and O–H groups in total. The van der Waals surface area contributed by atoms with Crippen LogP contribution in [0.1, 0.15) is 23.3 Å². The third-order valence-corrected chi connectivity index (χ3v) is 5.45. The van der Waals surface area contributed by atoms with Gasteiger partial charge in [0, 0.05) is 13.6 Å². The first-order valence-corrected chi connectivity index (χ1v) is 7.60. The molecule has 0 bridgehead atoms. The molecule has 0 aliphatic carbocycles. The molecular formula is C11H15N3O4S. The number of carbonyl (C=O) groups is 1. The van der Waals surface area contributed by atoms with E-state index in [1.807, 2.05) is 0 Å². The maximum absolute atomic E-state index is 11.7. The molecule has 0 radical (unpaired) electrons. The van der Waals surface area contributed by atoms with Crippen LogP contribution in [0.25, 0.3) is 0 Å². The highest BCUT2D eigenvalue weighted by atomic mass is 32.2. The monoisotopic (exact) mass is 285 g/mol. The van der Waals surface area contributed by atoms with E-state index in [1.54, 1.807) is 11.9 Å². The summed E-state index contributed by atoms with van der Waals surface area (Å²) < 4.78 is 23.5. The van der Waals surface area contributed by atoms with Gasteiger partial charge in [0.15, 0.2) is 15.5 Å². The van der Waals surface area contributed by atoms with Gasteiger partial charge in [-0.05, 0) is 12.8 Å². The first-order valence-electron chi connectivity index (χ1n) is 5.88. The predicted octanol–water partition coefficient (Wildman–Crippen LogP) is 0.188. The molecule has 0 spiro atoms. The van der Waals surface area contributed by atoms with Crippen molar-refractivity contribution in [1.29, 1.82) is 0 Å². The molecule has 1 atom stereocenters. The third-order valence-electron chi connectivity index (χ3n) is 3.19. The lowest BCUT2D eigenvalue weighted by atomic mass is 10.2. The van der Waals surface area contributed by atoms with Gasteiger partial charge in [0.05, 0.1) is 23.4 Å². The lowest BCUT2D eigenvalue weighted by molar-refractivity contribution is 0.0690. The quantitative estimate of drug-likeness (QED) is 0.842. The van der Waals surface area contributed by atoms with E-state index in [4.69, 9.17) is 5.11 Å². The van der Waals surface area contributed by atoms with Crippen molar-refractivity contribution in [3.63, 3.8) is 0 Å². The van der Waals surface area contributed by atoms with Crippen LogP contribution < -0.4 is 4.90 Å². The second-order valence-electron chi connectivity index (χ2n) is 4.58. The van der Waals surface area contributed by atoms with Crippen molar-refractivity contribution in [2.75, 3.05) is 24.2 Å². The normalized spacial score (nSPS) is 21.2. The standard InChI is InChI=1S/C11H15N3O4S/c1-14(7-8-3-2-4-19(8,17)18)10-6-12-9(5-13-10)11(15)16/h5-6,8H,2-4,7H2,1H3,(H,15,16). The number of aromatic carboxylic acids is 1. The predicted molar refractivity (Wildman–Crippen MR) is 69.1 cm³/mol. The SMILES string of the molecule is CN(CC1CCCS1(=O)=O)c1cnc(C(=O)O)cn1. The Morgan fingerprint density at radius 1 is 1.47 bits per heavy atom. The summed E-state index contributed by atoms with van der Waals surface area (Å²) in [5.74, 6) is -0.429. The number of sulfone groups is 1. The van der Waals surface area contributed by atoms with Gasteiger partial charge in [-0.25, -0.2) is 23.2 Å². The number of carboxylic acids is 1. The van der Waals surface area contributed by atoms with E-state index in [0.717, 1.165) is 6.20 Å². The highest BCUT2D eigenvalue weighted by Gasteiger charge is 2.32. The number of hydrogen-bond donors (Lipinski definition) is 1. The minimum Gasteiger partial charge on any atom is -0.476 e. The number of hydrogen-bond acceptors (Lipinski definition) is 6. The van der Waals surface area contributed by atoms with E-state index in [0.29, 0.717) is 25.2 Å². The Morgan fingerprint density at radius 2 is 2.21 bits per heavy atom. The van der Waals surface area contributed by atoms with Crippen LogP contribution in [-0.4, -0.2) is 54.1 Å². The molecule has 7 nitrogen and oxygen atoms in total. The Morgan fingerprint density at radius 3 is 2.68 bits per heavy atom. The molecule has 2 heterocycles. The number of nitrogens with zero attached hydrogens (tertiary/aromatic N) is 3. The van der Waals surface area contributed by atoms with Crippen molar-refractivity contribution in [2.45, 2.75) is 18.1 Å². The van der Waals surface area contributed by atoms with Gasteiger partial charge < -0.3 is 10.0 Å². The maximum Gasteiger partial charge on any atom is 0.356 e. The summed E-state index contributed by atoms with van der Waals surface area (Å²) in [7, 11) is -1.28. The van der Waals surface area contributed by atoms with Gasteiger partial charge in [-0.3, -0.25) is 0 Å². The van der Waals surface area contributed by atoms with Crippen molar-refractivity contribution < 1.29 is 18.3 Å². The molecule has 1 unspecified atom stereocenters. The second-order valence-corrected chi connectivity index (χ2v) is 6.98. The van der Waals surface area contributed by atoms with E-state index >= 15 is 0 Å². The van der Waals surface area contributed by atoms with Crippen LogP contribution in [0, 0.1) is 0 Å². The largest absolute Gasteiger partial charge is 0.476 e. The molecule has 0 aromatic carbocycles. The molecule has 0 saturated carbocycles.